The van der Waals surface area contributed by atoms with Crippen LogP contribution in [0.25, 0.3) is 5.57 Å². The molecular formula is C17H25N. The van der Waals surface area contributed by atoms with Crippen LogP contribution in [-0.2, 0) is 0 Å². The second kappa shape index (κ2) is 5.99. The first-order valence-electron chi connectivity index (χ1n) is 6.70. The van der Waals surface area contributed by atoms with Crippen LogP contribution in [0.3, 0.4) is 0 Å². The molecule has 1 aromatic carbocycles. The quantitative estimate of drug-likeness (QED) is 0.609. The van der Waals surface area contributed by atoms with Crippen molar-refractivity contribution in [3.8, 4) is 0 Å². The van der Waals surface area contributed by atoms with Crippen molar-refractivity contribution >= 4 is 17.5 Å². The summed E-state index contributed by atoms with van der Waals surface area (Å²) < 4.78 is 0. The lowest BCUT2D eigenvalue weighted by molar-refractivity contribution is 0.562. The molecule has 0 aliphatic carbocycles. The summed E-state index contributed by atoms with van der Waals surface area (Å²) in [7, 11) is 0. The summed E-state index contributed by atoms with van der Waals surface area (Å²) >= 11 is 0. The lowest BCUT2D eigenvalue weighted by atomic mass is 9.78. The van der Waals surface area contributed by atoms with Crippen LogP contribution in [0.15, 0.2) is 34.8 Å². The van der Waals surface area contributed by atoms with Gasteiger partial charge in [-0.15, -0.1) is 0 Å². The number of allylic oxidation sites excluding steroid dienone is 2. The van der Waals surface area contributed by atoms with Crippen molar-refractivity contribution in [3.63, 3.8) is 0 Å². The van der Waals surface area contributed by atoms with Crippen LogP contribution >= 0.6 is 0 Å². The Hall–Kier alpha value is -1.37. The van der Waals surface area contributed by atoms with Crippen molar-refractivity contribution in [1.82, 2.24) is 0 Å². The van der Waals surface area contributed by atoms with Crippen LogP contribution in [0, 0.1) is 5.41 Å². The number of hydrogen-bond donors (Lipinski definition) is 0. The first kappa shape index (κ1) is 14.7. The van der Waals surface area contributed by atoms with E-state index in [1.807, 2.05) is 19.2 Å². The van der Waals surface area contributed by atoms with E-state index < -0.39 is 0 Å². The van der Waals surface area contributed by atoms with E-state index in [0.29, 0.717) is 0 Å². The molecule has 0 aliphatic heterocycles. The number of para-hydroxylation sites is 1. The summed E-state index contributed by atoms with van der Waals surface area (Å²) in [6.45, 7) is 13.2. The van der Waals surface area contributed by atoms with E-state index in [4.69, 9.17) is 0 Å². The topological polar surface area (TPSA) is 12.4 Å². The second-order valence-corrected chi connectivity index (χ2v) is 5.66. The van der Waals surface area contributed by atoms with Gasteiger partial charge in [0.05, 0.1) is 5.69 Å². The molecule has 1 nitrogen and oxygen atoms in total. The number of aliphatic imine (C=N–C) groups is 1. The zero-order chi connectivity index (χ0) is 13.8. The van der Waals surface area contributed by atoms with Crippen molar-refractivity contribution in [2.24, 2.45) is 10.4 Å². The molecule has 0 aromatic heterocycles. The minimum Gasteiger partial charge on any atom is -0.261 e. The Bertz CT molecular complexity index is 459. The first-order chi connectivity index (χ1) is 8.41. The van der Waals surface area contributed by atoms with Gasteiger partial charge in [-0.25, -0.2) is 0 Å². The fraction of sp³-hybridized carbons (Fsp3) is 0.471. The highest BCUT2D eigenvalue weighted by Gasteiger charge is 2.22. The molecule has 1 heteroatoms. The molecule has 1 rings (SSSR count). The molecule has 0 N–H and O–H groups in total. The van der Waals surface area contributed by atoms with E-state index in [9.17, 15) is 0 Å². The smallest absolute Gasteiger partial charge is 0.0700 e. The molecule has 98 valence electrons. The monoisotopic (exact) mass is 243 g/mol. The van der Waals surface area contributed by atoms with Gasteiger partial charge in [-0.1, -0.05) is 51.5 Å². The van der Waals surface area contributed by atoms with Crippen LogP contribution in [-0.4, -0.2) is 6.21 Å². The maximum atomic E-state index is 4.50. The van der Waals surface area contributed by atoms with Crippen molar-refractivity contribution < 1.29 is 0 Å². The van der Waals surface area contributed by atoms with Gasteiger partial charge >= 0.3 is 0 Å². The molecule has 18 heavy (non-hydrogen) atoms. The number of rotatable bonds is 3. The molecule has 0 aliphatic rings. The predicted molar refractivity (Wildman–Crippen MR) is 82.6 cm³/mol. The Morgan fingerprint density at radius 1 is 1.22 bits per heavy atom. The summed E-state index contributed by atoms with van der Waals surface area (Å²) in [6, 6.07) is 8.41. The Kier molecular flexibility index (Phi) is 4.89. The van der Waals surface area contributed by atoms with Crippen molar-refractivity contribution in [1.29, 1.82) is 0 Å². The third kappa shape index (κ3) is 3.32. The van der Waals surface area contributed by atoms with Gasteiger partial charge in [0.25, 0.3) is 0 Å². The third-order valence-corrected chi connectivity index (χ3v) is 3.15. The Morgan fingerprint density at radius 2 is 1.83 bits per heavy atom. The number of benzene rings is 1. The van der Waals surface area contributed by atoms with Crippen LogP contribution in [0.4, 0.5) is 5.69 Å². The van der Waals surface area contributed by atoms with Crippen molar-refractivity contribution in [2.45, 2.75) is 48.0 Å². The highest BCUT2D eigenvalue weighted by Crippen LogP contribution is 2.41. The predicted octanol–water partition coefficient (Wildman–Crippen LogP) is 5.64. The van der Waals surface area contributed by atoms with E-state index in [2.05, 4.69) is 57.8 Å². The van der Waals surface area contributed by atoms with E-state index in [0.717, 1.165) is 12.1 Å². The van der Waals surface area contributed by atoms with Gasteiger partial charge in [0.2, 0.25) is 0 Å². The van der Waals surface area contributed by atoms with Gasteiger partial charge in [0, 0.05) is 11.8 Å². The highest BCUT2D eigenvalue weighted by atomic mass is 14.7. The maximum absolute atomic E-state index is 4.50. The standard InChI is InChI=1S/C17H25N/c1-7-13(3)16(17(4,5)6)14-11-9-10-12-15(14)18-8-2/h8-12H,7H2,1-6H3/b16-13-,18-8?. The molecule has 0 amide bonds. The second-order valence-electron chi connectivity index (χ2n) is 5.66. The molecule has 0 unspecified atom stereocenters. The largest absolute Gasteiger partial charge is 0.261 e. The molecule has 0 fully saturated rings. The van der Waals surface area contributed by atoms with Gasteiger partial charge in [-0.3, -0.25) is 4.99 Å². The third-order valence-electron chi connectivity index (χ3n) is 3.15. The first-order valence-corrected chi connectivity index (χ1v) is 6.70. The fourth-order valence-corrected chi connectivity index (χ4v) is 2.39. The average Bonchev–Trinajstić information content (AvgIpc) is 2.30. The lowest BCUT2D eigenvalue weighted by Gasteiger charge is -2.27. The summed E-state index contributed by atoms with van der Waals surface area (Å²) in [5, 5.41) is 0. The summed E-state index contributed by atoms with van der Waals surface area (Å²) in [5.41, 5.74) is 5.34. The zero-order valence-electron chi connectivity index (χ0n) is 12.5. The average molecular weight is 243 g/mol. The van der Waals surface area contributed by atoms with E-state index in [1.165, 1.54) is 16.7 Å². The fourth-order valence-electron chi connectivity index (χ4n) is 2.39. The van der Waals surface area contributed by atoms with Crippen molar-refractivity contribution in [3.05, 3.63) is 35.4 Å². The Morgan fingerprint density at radius 3 is 2.33 bits per heavy atom. The van der Waals surface area contributed by atoms with Crippen molar-refractivity contribution in [2.75, 3.05) is 0 Å². The summed E-state index contributed by atoms with van der Waals surface area (Å²) in [5.74, 6) is 0. The number of hydrogen-bond acceptors (Lipinski definition) is 1. The van der Waals surface area contributed by atoms with Gasteiger partial charge in [-0.2, -0.15) is 0 Å². The van der Waals surface area contributed by atoms with E-state index in [1.54, 1.807) is 0 Å². The summed E-state index contributed by atoms with van der Waals surface area (Å²) in [6.07, 6.45) is 2.94. The van der Waals surface area contributed by atoms with Crippen LogP contribution in [0.1, 0.15) is 53.5 Å². The maximum Gasteiger partial charge on any atom is 0.0700 e. The Balaban J connectivity index is 3.50. The molecule has 0 saturated heterocycles. The number of nitrogens with zero attached hydrogens (tertiary/aromatic N) is 1. The van der Waals surface area contributed by atoms with Crippen LogP contribution in [0.2, 0.25) is 0 Å². The van der Waals surface area contributed by atoms with Crippen LogP contribution in [0.5, 0.6) is 0 Å². The van der Waals surface area contributed by atoms with E-state index in [-0.39, 0.29) is 5.41 Å². The minimum atomic E-state index is 0.138. The molecule has 0 atom stereocenters. The van der Waals surface area contributed by atoms with Gasteiger partial charge in [0.15, 0.2) is 0 Å². The molecule has 0 bridgehead atoms. The molecule has 0 spiro atoms. The molecule has 0 radical (unpaired) electrons. The van der Waals surface area contributed by atoms with Gasteiger partial charge in [0.1, 0.15) is 0 Å². The summed E-state index contributed by atoms with van der Waals surface area (Å²) in [4.78, 5) is 4.50. The molecule has 0 heterocycles. The van der Waals surface area contributed by atoms with Gasteiger partial charge in [-0.05, 0) is 37.3 Å². The van der Waals surface area contributed by atoms with E-state index >= 15 is 0 Å². The van der Waals surface area contributed by atoms with Crippen LogP contribution < -0.4 is 0 Å². The highest BCUT2D eigenvalue weighted by molar-refractivity contribution is 5.81. The Labute approximate surface area is 112 Å². The normalized spacial score (nSPS) is 13.9. The van der Waals surface area contributed by atoms with Gasteiger partial charge < -0.3 is 0 Å². The molecule has 1 aromatic rings. The lowest BCUT2D eigenvalue weighted by Crippen LogP contribution is -2.10. The minimum absolute atomic E-state index is 0.138. The zero-order valence-corrected chi connectivity index (χ0v) is 12.5. The molecule has 0 saturated carbocycles. The molecular weight excluding hydrogens is 218 g/mol. The SMILES string of the molecule is CC=Nc1ccccc1/C(=C(\C)CC)C(C)(C)C.